The highest BCUT2D eigenvalue weighted by Gasteiger charge is 2.27. The highest BCUT2D eigenvalue weighted by atomic mass is 35.5. The Balaban J connectivity index is 2.69. The van der Waals surface area contributed by atoms with Crippen LogP contribution in [0.5, 0.6) is 0 Å². The molecule has 0 aliphatic carbocycles. The van der Waals surface area contributed by atoms with Crippen LogP contribution in [-0.2, 0) is 0 Å². The highest BCUT2D eigenvalue weighted by Crippen LogP contribution is 2.36. The Hall–Kier alpha value is -3.00. The van der Waals surface area contributed by atoms with E-state index in [2.05, 4.69) is 5.32 Å². The third-order valence-corrected chi connectivity index (χ3v) is 3.33. The van der Waals surface area contributed by atoms with E-state index in [1.807, 2.05) is 0 Å². The summed E-state index contributed by atoms with van der Waals surface area (Å²) in [5.41, 5.74) is -0.426. The molecule has 0 aliphatic heterocycles. The van der Waals surface area contributed by atoms with Gasteiger partial charge in [0.25, 0.3) is 16.6 Å². The van der Waals surface area contributed by atoms with Crippen molar-refractivity contribution in [3.05, 3.63) is 67.8 Å². The molecule has 0 unspecified atom stereocenters. The van der Waals surface area contributed by atoms with E-state index in [4.69, 9.17) is 11.6 Å². The topological polar surface area (TPSA) is 115 Å². The first kappa shape index (κ1) is 16.4. The van der Waals surface area contributed by atoms with Gasteiger partial charge in [-0.3, -0.25) is 25.0 Å². The second kappa shape index (κ2) is 6.41. The summed E-state index contributed by atoms with van der Waals surface area (Å²) >= 11 is 5.44. The van der Waals surface area contributed by atoms with E-state index in [1.165, 1.54) is 0 Å². The fourth-order valence-corrected chi connectivity index (χ4v) is 2.14. The van der Waals surface area contributed by atoms with Crippen LogP contribution in [0, 0.1) is 27.2 Å². The summed E-state index contributed by atoms with van der Waals surface area (Å²) in [7, 11) is 0. The summed E-state index contributed by atoms with van der Waals surface area (Å²) < 4.78 is 0. The maximum Gasteiger partial charge on any atom is 0.300 e. The van der Waals surface area contributed by atoms with Crippen LogP contribution in [-0.4, -0.2) is 15.1 Å². The lowest BCUT2D eigenvalue weighted by Gasteiger charge is -2.12. The molecule has 0 saturated heterocycles. The number of aryl methyl sites for hydroxylation is 1. The molecule has 0 bridgehead atoms. The lowest BCUT2D eigenvalue weighted by Crippen LogP contribution is -2.05. The van der Waals surface area contributed by atoms with Crippen molar-refractivity contribution in [2.75, 3.05) is 5.32 Å². The summed E-state index contributed by atoms with van der Waals surface area (Å²) in [5, 5.41) is 23.9. The first-order valence-corrected chi connectivity index (χ1v) is 6.68. The molecule has 1 N–H and O–H groups in total. The molecule has 0 aliphatic rings. The van der Waals surface area contributed by atoms with Gasteiger partial charge in [0.2, 0.25) is 0 Å². The standard InChI is InChI=1S/C14H10ClN3O5/c1-8-4-2-3-5-11(8)16-13-10(14(15)19)6-9(17(20)21)7-12(13)18(22)23/h2-7,16H,1H3. The molecule has 0 heterocycles. The molecule has 8 nitrogen and oxygen atoms in total. The molecule has 2 aromatic rings. The van der Waals surface area contributed by atoms with E-state index < -0.39 is 26.5 Å². The van der Waals surface area contributed by atoms with Crippen molar-refractivity contribution in [2.45, 2.75) is 6.92 Å². The Bertz CT molecular complexity index is 787. The largest absolute Gasteiger partial charge is 0.349 e. The van der Waals surface area contributed by atoms with Crippen LogP contribution in [0.2, 0.25) is 0 Å². The summed E-state index contributed by atoms with van der Waals surface area (Å²) in [4.78, 5) is 32.1. The van der Waals surface area contributed by atoms with Gasteiger partial charge in [-0.25, -0.2) is 0 Å². The van der Waals surface area contributed by atoms with E-state index >= 15 is 0 Å². The number of hydrogen-bond acceptors (Lipinski definition) is 6. The van der Waals surface area contributed by atoms with Gasteiger partial charge in [-0.05, 0) is 30.2 Å². The number of nitrogens with zero attached hydrogens (tertiary/aromatic N) is 2. The average Bonchev–Trinajstić information content (AvgIpc) is 2.48. The van der Waals surface area contributed by atoms with Crippen LogP contribution in [0.3, 0.4) is 0 Å². The Morgan fingerprint density at radius 2 is 1.78 bits per heavy atom. The molecule has 0 fully saturated rings. The number of rotatable bonds is 5. The van der Waals surface area contributed by atoms with Crippen LogP contribution >= 0.6 is 11.6 Å². The van der Waals surface area contributed by atoms with Gasteiger partial charge in [-0.1, -0.05) is 18.2 Å². The van der Waals surface area contributed by atoms with E-state index in [9.17, 15) is 25.0 Å². The lowest BCUT2D eigenvalue weighted by atomic mass is 10.1. The maximum atomic E-state index is 11.6. The van der Waals surface area contributed by atoms with Crippen molar-refractivity contribution in [3.63, 3.8) is 0 Å². The van der Waals surface area contributed by atoms with Crippen molar-refractivity contribution in [3.8, 4) is 0 Å². The SMILES string of the molecule is Cc1ccccc1Nc1c(C(=O)Cl)cc([N+](=O)[O-])cc1[N+](=O)[O-]. The van der Waals surface area contributed by atoms with Crippen LogP contribution in [0.25, 0.3) is 0 Å². The number of benzene rings is 2. The number of non-ortho nitro benzene ring substituents is 1. The number of carbonyl (C=O) groups excluding carboxylic acids is 1. The molecule has 9 heteroatoms. The number of hydrogen-bond donors (Lipinski definition) is 1. The Morgan fingerprint density at radius 3 is 2.30 bits per heavy atom. The van der Waals surface area contributed by atoms with Crippen molar-refractivity contribution >= 4 is 39.6 Å². The molecule has 0 spiro atoms. The number of anilines is 2. The highest BCUT2D eigenvalue weighted by molar-refractivity contribution is 6.68. The second-order valence-corrected chi connectivity index (χ2v) is 4.96. The quantitative estimate of drug-likeness (QED) is 0.502. The zero-order valence-corrected chi connectivity index (χ0v) is 12.5. The van der Waals surface area contributed by atoms with Crippen molar-refractivity contribution in [1.29, 1.82) is 0 Å². The van der Waals surface area contributed by atoms with Gasteiger partial charge in [0.1, 0.15) is 5.69 Å². The van der Waals surface area contributed by atoms with Crippen LogP contribution in [0.15, 0.2) is 36.4 Å². The number of nitrogens with one attached hydrogen (secondary N) is 1. The zero-order chi connectivity index (χ0) is 17.1. The summed E-state index contributed by atoms with van der Waals surface area (Å²) in [6, 6.07) is 8.59. The minimum atomic E-state index is -1.03. The molecule has 23 heavy (non-hydrogen) atoms. The third kappa shape index (κ3) is 3.43. The molecular formula is C14H10ClN3O5. The number of nitro benzene ring substituents is 2. The molecule has 0 saturated carbocycles. The van der Waals surface area contributed by atoms with Crippen LogP contribution in [0.1, 0.15) is 15.9 Å². The first-order chi connectivity index (χ1) is 10.8. The lowest BCUT2D eigenvalue weighted by molar-refractivity contribution is -0.393. The molecule has 0 aromatic heterocycles. The summed E-state index contributed by atoms with van der Waals surface area (Å²) in [6.07, 6.45) is 0. The van der Waals surface area contributed by atoms with Crippen LogP contribution < -0.4 is 5.32 Å². The molecule has 0 atom stereocenters. The zero-order valence-electron chi connectivity index (χ0n) is 11.8. The number of carbonyl (C=O) groups is 1. The predicted octanol–water partition coefficient (Wildman–Crippen LogP) is 3.93. The minimum Gasteiger partial charge on any atom is -0.349 e. The van der Waals surface area contributed by atoms with Gasteiger partial charge in [0, 0.05) is 11.8 Å². The van der Waals surface area contributed by atoms with Crippen molar-refractivity contribution in [2.24, 2.45) is 0 Å². The van der Waals surface area contributed by atoms with E-state index in [0.717, 1.165) is 17.7 Å². The van der Waals surface area contributed by atoms with Gasteiger partial charge < -0.3 is 5.32 Å². The van der Waals surface area contributed by atoms with Gasteiger partial charge in [-0.2, -0.15) is 0 Å². The number of halogens is 1. The molecule has 2 rings (SSSR count). The number of para-hydroxylation sites is 1. The van der Waals surface area contributed by atoms with Crippen LogP contribution in [0.4, 0.5) is 22.7 Å². The molecule has 0 radical (unpaired) electrons. The maximum absolute atomic E-state index is 11.6. The Kier molecular flexibility index (Phi) is 4.56. The first-order valence-electron chi connectivity index (χ1n) is 6.30. The molecular weight excluding hydrogens is 326 g/mol. The smallest absolute Gasteiger partial charge is 0.300 e. The van der Waals surface area contributed by atoms with Crippen molar-refractivity contribution in [1.82, 2.24) is 0 Å². The van der Waals surface area contributed by atoms with E-state index in [1.54, 1.807) is 31.2 Å². The second-order valence-electron chi connectivity index (χ2n) is 4.62. The Labute approximate surface area is 135 Å². The van der Waals surface area contributed by atoms with Gasteiger partial charge in [0.05, 0.1) is 21.5 Å². The minimum absolute atomic E-state index is 0.185. The molecule has 118 valence electrons. The monoisotopic (exact) mass is 335 g/mol. The summed E-state index contributed by atoms with van der Waals surface area (Å²) in [5.74, 6) is 0. The Morgan fingerprint density at radius 1 is 1.13 bits per heavy atom. The van der Waals surface area contributed by atoms with E-state index in [-0.39, 0.29) is 11.3 Å². The molecule has 0 amide bonds. The van der Waals surface area contributed by atoms with Gasteiger partial charge in [0.15, 0.2) is 0 Å². The molecule has 2 aromatic carbocycles. The predicted molar refractivity (Wildman–Crippen MR) is 84.4 cm³/mol. The average molecular weight is 336 g/mol. The fraction of sp³-hybridized carbons (Fsp3) is 0.0714. The summed E-state index contributed by atoms with van der Waals surface area (Å²) in [6.45, 7) is 1.77. The van der Waals surface area contributed by atoms with Gasteiger partial charge >= 0.3 is 0 Å². The number of nitro groups is 2. The van der Waals surface area contributed by atoms with Crippen molar-refractivity contribution < 1.29 is 14.6 Å². The normalized spacial score (nSPS) is 10.2. The third-order valence-electron chi connectivity index (χ3n) is 3.13. The van der Waals surface area contributed by atoms with Gasteiger partial charge in [-0.15, -0.1) is 0 Å². The van der Waals surface area contributed by atoms with E-state index in [0.29, 0.717) is 5.69 Å². The fourth-order valence-electron chi connectivity index (χ4n) is 2.00.